The van der Waals surface area contributed by atoms with Crippen molar-refractivity contribution in [1.82, 2.24) is 4.98 Å². The molecule has 3 rings (SSSR count). The highest BCUT2D eigenvalue weighted by atomic mass is 35.5. The quantitative estimate of drug-likeness (QED) is 0.631. The van der Waals surface area contributed by atoms with Gasteiger partial charge in [-0.15, -0.1) is 0 Å². The van der Waals surface area contributed by atoms with Crippen LogP contribution in [0.25, 0.3) is 22.2 Å². The Morgan fingerprint density at radius 1 is 0.875 bits per heavy atom. The molecule has 2 heteroatoms. The van der Waals surface area contributed by atoms with E-state index in [2.05, 4.69) is 23.2 Å². The maximum absolute atomic E-state index is 6.17. The van der Waals surface area contributed by atoms with Crippen molar-refractivity contribution in [1.29, 1.82) is 0 Å². The number of para-hydroxylation sites is 1. The van der Waals surface area contributed by atoms with Gasteiger partial charge in [0.05, 0.1) is 0 Å². The number of H-pyrrole nitrogens is 1. The van der Waals surface area contributed by atoms with Crippen molar-refractivity contribution in [3.8, 4) is 11.3 Å². The number of hydrogen-bond donors (Lipinski definition) is 1. The fourth-order valence-electron chi connectivity index (χ4n) is 1.90. The van der Waals surface area contributed by atoms with E-state index >= 15 is 0 Å². The molecule has 1 heterocycles. The van der Waals surface area contributed by atoms with E-state index in [9.17, 15) is 0 Å². The van der Waals surface area contributed by atoms with E-state index < -0.39 is 0 Å². The normalized spacial score (nSPS) is 10.8. The molecule has 0 fully saturated rings. The summed E-state index contributed by atoms with van der Waals surface area (Å²) in [6.45, 7) is 0. The third-order valence-electron chi connectivity index (χ3n) is 2.69. The molecule has 0 radical (unpaired) electrons. The van der Waals surface area contributed by atoms with Crippen LogP contribution in [0.3, 0.4) is 0 Å². The standard InChI is InChI=1S/C14H10ClN/c15-12-7-3-2-6-11(12)14-9-10-5-1-4-8-13(10)16-14/h1-9,16H. The topological polar surface area (TPSA) is 15.8 Å². The Bertz CT molecular complexity index is 607. The van der Waals surface area contributed by atoms with Crippen LogP contribution in [0.1, 0.15) is 0 Å². The zero-order valence-corrected chi connectivity index (χ0v) is 9.33. The average molecular weight is 228 g/mol. The Balaban J connectivity index is 2.23. The van der Waals surface area contributed by atoms with Crippen LogP contribution in [0.2, 0.25) is 5.02 Å². The summed E-state index contributed by atoms with van der Waals surface area (Å²) in [5, 5.41) is 1.98. The highest BCUT2D eigenvalue weighted by Gasteiger charge is 2.05. The van der Waals surface area contributed by atoms with E-state index in [0.29, 0.717) is 0 Å². The van der Waals surface area contributed by atoms with Crippen molar-refractivity contribution in [2.45, 2.75) is 0 Å². The second-order valence-electron chi connectivity index (χ2n) is 3.75. The molecule has 0 saturated heterocycles. The number of benzene rings is 2. The summed E-state index contributed by atoms with van der Waals surface area (Å²) < 4.78 is 0. The first-order chi connectivity index (χ1) is 7.84. The summed E-state index contributed by atoms with van der Waals surface area (Å²) in [7, 11) is 0. The van der Waals surface area contributed by atoms with Gasteiger partial charge >= 0.3 is 0 Å². The first-order valence-corrected chi connectivity index (χ1v) is 5.55. The molecular formula is C14H10ClN. The highest BCUT2D eigenvalue weighted by Crippen LogP contribution is 2.29. The number of rotatable bonds is 1. The maximum atomic E-state index is 6.17. The minimum atomic E-state index is 0.772. The van der Waals surface area contributed by atoms with Crippen molar-refractivity contribution in [2.24, 2.45) is 0 Å². The predicted octanol–water partition coefficient (Wildman–Crippen LogP) is 4.49. The molecule has 1 N–H and O–H groups in total. The maximum Gasteiger partial charge on any atom is 0.0499 e. The van der Waals surface area contributed by atoms with Gasteiger partial charge in [-0.3, -0.25) is 0 Å². The van der Waals surface area contributed by atoms with Gasteiger partial charge < -0.3 is 4.98 Å². The number of hydrogen-bond acceptors (Lipinski definition) is 0. The Labute approximate surface area is 98.7 Å². The fraction of sp³-hybridized carbons (Fsp3) is 0. The third-order valence-corrected chi connectivity index (χ3v) is 3.02. The Morgan fingerprint density at radius 2 is 1.62 bits per heavy atom. The molecule has 0 aliphatic heterocycles. The van der Waals surface area contributed by atoms with Crippen molar-refractivity contribution in [2.75, 3.05) is 0 Å². The average Bonchev–Trinajstić information content (AvgIpc) is 2.73. The minimum Gasteiger partial charge on any atom is -0.354 e. The van der Waals surface area contributed by atoms with Gasteiger partial charge in [0.2, 0.25) is 0 Å². The molecule has 0 bridgehead atoms. The molecule has 0 spiro atoms. The van der Waals surface area contributed by atoms with E-state index in [1.807, 2.05) is 36.4 Å². The number of halogens is 1. The molecule has 78 valence electrons. The van der Waals surface area contributed by atoms with Crippen LogP contribution in [0.15, 0.2) is 54.6 Å². The van der Waals surface area contributed by atoms with Gasteiger partial charge in [-0.25, -0.2) is 0 Å². The molecule has 3 aromatic rings. The van der Waals surface area contributed by atoms with E-state index in [1.54, 1.807) is 0 Å². The summed E-state index contributed by atoms with van der Waals surface area (Å²) in [4.78, 5) is 3.37. The Kier molecular flexibility index (Phi) is 2.19. The highest BCUT2D eigenvalue weighted by molar-refractivity contribution is 6.33. The molecule has 0 amide bonds. The summed E-state index contributed by atoms with van der Waals surface area (Å²) in [6.07, 6.45) is 0. The molecule has 2 aromatic carbocycles. The molecule has 0 unspecified atom stereocenters. The fourth-order valence-corrected chi connectivity index (χ4v) is 2.14. The first kappa shape index (κ1) is 9.49. The monoisotopic (exact) mass is 227 g/mol. The van der Waals surface area contributed by atoms with Crippen LogP contribution in [-0.2, 0) is 0 Å². The number of nitrogens with one attached hydrogen (secondary N) is 1. The molecule has 0 aliphatic rings. The van der Waals surface area contributed by atoms with Crippen LogP contribution in [0.5, 0.6) is 0 Å². The Morgan fingerprint density at radius 3 is 2.44 bits per heavy atom. The zero-order valence-electron chi connectivity index (χ0n) is 8.57. The van der Waals surface area contributed by atoms with Gasteiger partial charge in [-0.2, -0.15) is 0 Å². The van der Waals surface area contributed by atoms with Crippen molar-refractivity contribution in [3.05, 3.63) is 59.6 Å². The summed E-state index contributed by atoms with van der Waals surface area (Å²) in [6, 6.07) is 18.2. The van der Waals surface area contributed by atoms with E-state index in [1.165, 1.54) is 5.39 Å². The third kappa shape index (κ3) is 1.50. The van der Waals surface area contributed by atoms with Crippen molar-refractivity contribution >= 4 is 22.5 Å². The summed E-state index contributed by atoms with van der Waals surface area (Å²) in [5.41, 5.74) is 3.24. The SMILES string of the molecule is Clc1ccccc1-c1cc2ccccc2[nH]1. The van der Waals surface area contributed by atoms with Crippen molar-refractivity contribution in [3.63, 3.8) is 0 Å². The largest absolute Gasteiger partial charge is 0.354 e. The van der Waals surface area contributed by atoms with Crippen molar-refractivity contribution < 1.29 is 0 Å². The van der Waals surface area contributed by atoms with E-state index in [0.717, 1.165) is 21.8 Å². The van der Waals surface area contributed by atoms with Gasteiger partial charge in [0.15, 0.2) is 0 Å². The summed E-state index contributed by atoms with van der Waals surface area (Å²) >= 11 is 6.17. The van der Waals surface area contributed by atoms with Crippen LogP contribution in [0, 0.1) is 0 Å². The van der Waals surface area contributed by atoms with Crippen LogP contribution in [0.4, 0.5) is 0 Å². The van der Waals surface area contributed by atoms with Crippen LogP contribution < -0.4 is 0 Å². The summed E-state index contributed by atoms with van der Waals surface area (Å²) in [5.74, 6) is 0. The van der Waals surface area contributed by atoms with Gasteiger partial charge in [0, 0.05) is 27.2 Å². The lowest BCUT2D eigenvalue weighted by molar-refractivity contribution is 1.45. The van der Waals surface area contributed by atoms with E-state index in [-0.39, 0.29) is 0 Å². The molecule has 0 atom stereocenters. The first-order valence-electron chi connectivity index (χ1n) is 5.17. The van der Waals surface area contributed by atoms with Gasteiger partial charge in [-0.05, 0) is 18.2 Å². The lowest BCUT2D eigenvalue weighted by atomic mass is 10.1. The second kappa shape index (κ2) is 3.69. The molecular weight excluding hydrogens is 218 g/mol. The zero-order chi connectivity index (χ0) is 11.0. The van der Waals surface area contributed by atoms with Crippen LogP contribution in [-0.4, -0.2) is 4.98 Å². The number of fused-ring (bicyclic) bond motifs is 1. The number of aromatic nitrogens is 1. The molecule has 0 aliphatic carbocycles. The lowest BCUT2D eigenvalue weighted by Crippen LogP contribution is -1.77. The molecule has 1 nitrogen and oxygen atoms in total. The molecule has 16 heavy (non-hydrogen) atoms. The Hall–Kier alpha value is -1.73. The van der Waals surface area contributed by atoms with Gasteiger partial charge in [0.25, 0.3) is 0 Å². The van der Waals surface area contributed by atoms with Crippen LogP contribution >= 0.6 is 11.6 Å². The molecule has 0 saturated carbocycles. The minimum absolute atomic E-state index is 0.772. The second-order valence-corrected chi connectivity index (χ2v) is 4.16. The number of aromatic amines is 1. The smallest absolute Gasteiger partial charge is 0.0499 e. The van der Waals surface area contributed by atoms with Gasteiger partial charge in [0.1, 0.15) is 0 Å². The molecule has 1 aromatic heterocycles. The van der Waals surface area contributed by atoms with E-state index in [4.69, 9.17) is 11.6 Å². The van der Waals surface area contributed by atoms with Gasteiger partial charge in [-0.1, -0.05) is 48.0 Å². The lowest BCUT2D eigenvalue weighted by Gasteiger charge is -1.99. The predicted molar refractivity (Wildman–Crippen MR) is 68.7 cm³/mol.